The molecule has 0 aromatic carbocycles. The minimum atomic E-state index is -0.790. The zero-order valence-electron chi connectivity index (χ0n) is 11.5. The zero-order valence-corrected chi connectivity index (χ0v) is 11.5. The Morgan fingerprint density at radius 2 is 2.05 bits per heavy atom. The molecule has 0 aliphatic carbocycles. The quantitative estimate of drug-likeness (QED) is 0.720. The van der Waals surface area contributed by atoms with Crippen LogP contribution in [0, 0.1) is 11.8 Å². The number of carboxylic acid groups (broad SMARTS) is 1. The van der Waals surface area contributed by atoms with Gasteiger partial charge < -0.3 is 15.3 Å². The molecule has 0 aromatic rings. The number of carbonyl (C=O) groups excluding carboxylic acids is 1. The molecular weight excluding hydrogens is 246 g/mol. The maximum absolute atomic E-state index is 12.2. The summed E-state index contributed by atoms with van der Waals surface area (Å²) in [6.07, 6.45) is 1.06. The van der Waals surface area contributed by atoms with Crippen LogP contribution >= 0.6 is 0 Å². The Hall–Kier alpha value is -1.14. The molecule has 2 saturated heterocycles. The molecule has 1 amide bonds. The molecule has 6 heteroatoms. The third-order valence-electron chi connectivity index (χ3n) is 4.07. The molecule has 2 heterocycles. The van der Waals surface area contributed by atoms with E-state index in [0.717, 1.165) is 32.6 Å². The highest BCUT2D eigenvalue weighted by atomic mass is 16.4. The van der Waals surface area contributed by atoms with Crippen molar-refractivity contribution < 1.29 is 14.7 Å². The van der Waals surface area contributed by atoms with Crippen LogP contribution in [0.15, 0.2) is 0 Å². The van der Waals surface area contributed by atoms with Crippen LogP contribution in [0.4, 0.5) is 0 Å². The molecule has 2 rings (SSSR count). The lowest BCUT2D eigenvalue weighted by Gasteiger charge is -2.23. The van der Waals surface area contributed by atoms with Gasteiger partial charge in [0.05, 0.1) is 12.5 Å². The molecular formula is C13H23N3O3. The number of likely N-dealkylation sites (tertiary alicyclic amines) is 1. The van der Waals surface area contributed by atoms with E-state index in [9.17, 15) is 9.59 Å². The predicted molar refractivity (Wildman–Crippen MR) is 70.8 cm³/mol. The van der Waals surface area contributed by atoms with Gasteiger partial charge in [-0.2, -0.15) is 0 Å². The molecule has 2 fully saturated rings. The summed E-state index contributed by atoms with van der Waals surface area (Å²) in [6.45, 7) is 7.00. The van der Waals surface area contributed by atoms with Gasteiger partial charge in [0, 0.05) is 26.2 Å². The van der Waals surface area contributed by atoms with Crippen molar-refractivity contribution in [2.75, 3.05) is 45.8 Å². The smallest absolute Gasteiger partial charge is 0.308 e. The molecule has 2 N–H and O–H groups in total. The van der Waals surface area contributed by atoms with Gasteiger partial charge in [0.2, 0.25) is 5.91 Å². The first-order valence-electron chi connectivity index (χ1n) is 7.01. The van der Waals surface area contributed by atoms with E-state index in [1.807, 2.05) is 6.92 Å². The normalized spacial score (nSPS) is 29.2. The molecule has 0 saturated carbocycles. The van der Waals surface area contributed by atoms with E-state index < -0.39 is 11.9 Å². The lowest BCUT2D eigenvalue weighted by Crippen LogP contribution is -2.41. The fourth-order valence-corrected chi connectivity index (χ4v) is 2.84. The Balaban J connectivity index is 1.85. The number of aliphatic carboxylic acids is 1. The molecule has 108 valence electrons. The minimum Gasteiger partial charge on any atom is -0.481 e. The highest BCUT2D eigenvalue weighted by Gasteiger charge is 2.37. The van der Waals surface area contributed by atoms with Gasteiger partial charge in [-0.15, -0.1) is 0 Å². The molecule has 6 nitrogen and oxygen atoms in total. The molecule has 2 unspecified atom stereocenters. The summed E-state index contributed by atoms with van der Waals surface area (Å²) >= 11 is 0. The number of nitrogens with one attached hydrogen (secondary N) is 1. The predicted octanol–water partition coefficient (Wildman–Crippen LogP) is -0.539. The first kappa shape index (κ1) is 14.3. The summed E-state index contributed by atoms with van der Waals surface area (Å²) in [5.74, 6) is -1.08. The van der Waals surface area contributed by atoms with Crippen molar-refractivity contribution in [3.05, 3.63) is 0 Å². The molecule has 2 atom stereocenters. The van der Waals surface area contributed by atoms with Gasteiger partial charge in [0.1, 0.15) is 0 Å². The summed E-state index contributed by atoms with van der Waals surface area (Å²) < 4.78 is 0. The van der Waals surface area contributed by atoms with Crippen molar-refractivity contribution in [2.24, 2.45) is 11.8 Å². The van der Waals surface area contributed by atoms with Crippen LogP contribution in [0.25, 0.3) is 0 Å². The van der Waals surface area contributed by atoms with Gasteiger partial charge in [-0.3, -0.25) is 14.5 Å². The SMILES string of the molecule is CC1CN(C(=O)CN2CCCNCC2)CC1C(=O)O. The number of nitrogens with zero attached hydrogens (tertiary/aromatic N) is 2. The fourth-order valence-electron chi connectivity index (χ4n) is 2.84. The molecule has 0 spiro atoms. The molecule has 2 aliphatic heterocycles. The first-order valence-corrected chi connectivity index (χ1v) is 7.01. The second-order valence-electron chi connectivity index (χ2n) is 5.60. The van der Waals surface area contributed by atoms with Crippen molar-refractivity contribution in [2.45, 2.75) is 13.3 Å². The first-order chi connectivity index (χ1) is 9.08. The largest absolute Gasteiger partial charge is 0.481 e. The van der Waals surface area contributed by atoms with Crippen LogP contribution in [0.3, 0.4) is 0 Å². The topological polar surface area (TPSA) is 72.9 Å². The van der Waals surface area contributed by atoms with Crippen molar-refractivity contribution >= 4 is 11.9 Å². The third-order valence-corrected chi connectivity index (χ3v) is 4.07. The lowest BCUT2D eigenvalue weighted by molar-refractivity contribution is -0.142. The van der Waals surface area contributed by atoms with Gasteiger partial charge in [-0.25, -0.2) is 0 Å². The van der Waals surface area contributed by atoms with Crippen molar-refractivity contribution in [3.8, 4) is 0 Å². The van der Waals surface area contributed by atoms with E-state index in [-0.39, 0.29) is 11.8 Å². The zero-order chi connectivity index (χ0) is 13.8. The molecule has 0 radical (unpaired) electrons. The van der Waals surface area contributed by atoms with Crippen LogP contribution in [-0.4, -0.2) is 72.6 Å². The van der Waals surface area contributed by atoms with Crippen molar-refractivity contribution in [1.29, 1.82) is 0 Å². The monoisotopic (exact) mass is 269 g/mol. The summed E-state index contributed by atoms with van der Waals surface area (Å²) in [4.78, 5) is 27.1. The summed E-state index contributed by atoms with van der Waals surface area (Å²) in [7, 11) is 0. The average Bonchev–Trinajstić information content (AvgIpc) is 2.58. The number of rotatable bonds is 3. The van der Waals surface area contributed by atoms with Crippen molar-refractivity contribution in [1.82, 2.24) is 15.1 Å². The summed E-state index contributed by atoms with van der Waals surface area (Å²) in [5, 5.41) is 12.4. The number of carboxylic acids is 1. The number of carbonyl (C=O) groups is 2. The summed E-state index contributed by atoms with van der Waals surface area (Å²) in [6, 6.07) is 0. The van der Waals surface area contributed by atoms with Gasteiger partial charge >= 0.3 is 5.97 Å². The maximum Gasteiger partial charge on any atom is 0.308 e. The fraction of sp³-hybridized carbons (Fsp3) is 0.846. The van der Waals surface area contributed by atoms with Gasteiger partial charge in [-0.1, -0.05) is 6.92 Å². The Labute approximate surface area is 113 Å². The van der Waals surface area contributed by atoms with Crippen molar-refractivity contribution in [3.63, 3.8) is 0 Å². The Bertz CT molecular complexity index is 340. The van der Waals surface area contributed by atoms with Crippen LogP contribution in [0.1, 0.15) is 13.3 Å². The lowest BCUT2D eigenvalue weighted by atomic mass is 9.99. The molecule has 19 heavy (non-hydrogen) atoms. The van der Waals surface area contributed by atoms with Crippen LogP contribution in [-0.2, 0) is 9.59 Å². The number of amides is 1. The summed E-state index contributed by atoms with van der Waals surface area (Å²) in [5.41, 5.74) is 0. The van der Waals surface area contributed by atoms with Crippen LogP contribution < -0.4 is 5.32 Å². The van der Waals surface area contributed by atoms with E-state index in [0.29, 0.717) is 19.6 Å². The van der Waals surface area contributed by atoms with E-state index >= 15 is 0 Å². The number of hydrogen-bond donors (Lipinski definition) is 2. The second-order valence-corrected chi connectivity index (χ2v) is 5.60. The van der Waals surface area contributed by atoms with E-state index in [2.05, 4.69) is 10.2 Å². The molecule has 2 aliphatic rings. The molecule has 0 aromatic heterocycles. The molecule has 0 bridgehead atoms. The Morgan fingerprint density at radius 3 is 2.74 bits per heavy atom. The van der Waals surface area contributed by atoms with E-state index in [1.54, 1.807) is 4.90 Å². The minimum absolute atomic E-state index is 0.0484. The second kappa shape index (κ2) is 6.34. The van der Waals surface area contributed by atoms with Gasteiger partial charge in [0.15, 0.2) is 0 Å². The van der Waals surface area contributed by atoms with Gasteiger partial charge in [-0.05, 0) is 25.4 Å². The maximum atomic E-state index is 12.2. The van der Waals surface area contributed by atoms with E-state index in [1.165, 1.54) is 0 Å². The highest BCUT2D eigenvalue weighted by Crippen LogP contribution is 2.23. The Morgan fingerprint density at radius 1 is 1.26 bits per heavy atom. The van der Waals surface area contributed by atoms with Crippen LogP contribution in [0.5, 0.6) is 0 Å². The van der Waals surface area contributed by atoms with Gasteiger partial charge in [0.25, 0.3) is 0 Å². The van der Waals surface area contributed by atoms with Crippen LogP contribution in [0.2, 0.25) is 0 Å². The highest BCUT2D eigenvalue weighted by molar-refractivity contribution is 5.80. The average molecular weight is 269 g/mol. The Kier molecular flexibility index (Phi) is 4.76. The van der Waals surface area contributed by atoms with E-state index in [4.69, 9.17) is 5.11 Å². The number of hydrogen-bond acceptors (Lipinski definition) is 4. The standard InChI is InChI=1S/C13H23N3O3/c1-10-7-16(8-11(10)13(18)19)12(17)9-15-5-2-3-14-4-6-15/h10-11,14H,2-9H2,1H3,(H,18,19). The third kappa shape index (κ3) is 3.67.